The van der Waals surface area contributed by atoms with Gasteiger partial charge in [-0.1, -0.05) is 31.9 Å². The van der Waals surface area contributed by atoms with Gasteiger partial charge in [-0.3, -0.25) is 0 Å². The normalized spacial score (nSPS) is 16.3. The van der Waals surface area contributed by atoms with Gasteiger partial charge in [0.25, 0.3) is 0 Å². The molecule has 1 aliphatic rings. The second kappa shape index (κ2) is 5.23. The van der Waals surface area contributed by atoms with Crippen LogP contribution < -0.4 is 5.73 Å². The molecule has 0 amide bonds. The van der Waals surface area contributed by atoms with Crippen LogP contribution in [0.5, 0.6) is 0 Å². The molecule has 1 aromatic carbocycles. The number of benzene rings is 1. The molecule has 5 heteroatoms. The summed E-state index contributed by atoms with van der Waals surface area (Å²) in [5, 5.41) is 12.3. The summed E-state index contributed by atoms with van der Waals surface area (Å²) < 4.78 is 1.96. The molecule has 1 heterocycles. The van der Waals surface area contributed by atoms with E-state index in [9.17, 15) is 0 Å². The van der Waals surface area contributed by atoms with Crippen LogP contribution in [0.25, 0.3) is 11.4 Å². The van der Waals surface area contributed by atoms with Crippen molar-refractivity contribution in [3.05, 3.63) is 23.8 Å². The lowest BCUT2D eigenvalue weighted by Crippen LogP contribution is -2.13. The fourth-order valence-corrected chi connectivity index (χ4v) is 2.67. The Bertz CT molecular complexity index is 600. The van der Waals surface area contributed by atoms with Crippen LogP contribution in [0.4, 0.5) is 5.69 Å². The summed E-state index contributed by atoms with van der Waals surface area (Å²) in [6.07, 6.45) is 4.90. The number of aromatic nitrogens is 4. The Morgan fingerprint density at radius 2 is 2.20 bits per heavy atom. The number of rotatable bonds is 5. The molecule has 1 fully saturated rings. The van der Waals surface area contributed by atoms with Gasteiger partial charge < -0.3 is 5.73 Å². The Hall–Kier alpha value is -1.91. The van der Waals surface area contributed by atoms with Crippen LogP contribution >= 0.6 is 0 Å². The van der Waals surface area contributed by atoms with Crippen LogP contribution in [0.1, 0.15) is 44.2 Å². The van der Waals surface area contributed by atoms with Crippen molar-refractivity contribution in [3.63, 3.8) is 0 Å². The van der Waals surface area contributed by atoms with Gasteiger partial charge in [-0.15, -0.1) is 5.10 Å². The molecule has 0 bridgehead atoms. The number of nitrogens with zero attached hydrogens (tertiary/aromatic N) is 4. The topological polar surface area (TPSA) is 69.6 Å². The van der Waals surface area contributed by atoms with Gasteiger partial charge in [0.15, 0.2) is 5.82 Å². The minimum Gasteiger partial charge on any atom is -0.398 e. The molecule has 1 atom stereocenters. The summed E-state index contributed by atoms with van der Waals surface area (Å²) in [6.45, 7) is 4.20. The number of tetrazole rings is 1. The first-order valence-electron chi connectivity index (χ1n) is 7.34. The van der Waals surface area contributed by atoms with Crippen molar-refractivity contribution in [2.45, 2.75) is 45.6 Å². The van der Waals surface area contributed by atoms with Gasteiger partial charge in [0.2, 0.25) is 0 Å². The number of aryl methyl sites for hydroxylation is 1. The van der Waals surface area contributed by atoms with E-state index in [4.69, 9.17) is 5.73 Å². The predicted octanol–water partition coefficient (Wildman–Crippen LogP) is 2.98. The first-order chi connectivity index (χ1) is 9.70. The van der Waals surface area contributed by atoms with E-state index in [1.165, 1.54) is 19.3 Å². The molecule has 2 N–H and O–H groups in total. The van der Waals surface area contributed by atoms with Crippen LogP contribution in [-0.4, -0.2) is 20.2 Å². The molecule has 1 unspecified atom stereocenters. The molecule has 0 saturated heterocycles. The molecule has 1 aliphatic carbocycles. The SMILES string of the molecule is CCC(CC1CC1)n1nnnc1-c1cccc(C)c1N. The Balaban J connectivity index is 1.98. The highest BCUT2D eigenvalue weighted by molar-refractivity contribution is 5.74. The van der Waals surface area contributed by atoms with Crippen molar-refractivity contribution in [3.8, 4) is 11.4 Å². The van der Waals surface area contributed by atoms with Crippen LogP contribution in [0.3, 0.4) is 0 Å². The maximum Gasteiger partial charge on any atom is 0.184 e. The zero-order chi connectivity index (χ0) is 14.1. The zero-order valence-corrected chi connectivity index (χ0v) is 12.1. The standard InChI is InChI=1S/C15H21N5/c1-3-12(9-11-7-8-11)20-15(17-18-19-20)13-6-4-5-10(2)14(13)16/h4-6,11-12H,3,7-9,16H2,1-2H3. The average Bonchev–Trinajstić information content (AvgIpc) is 3.14. The number of nitrogens with two attached hydrogens (primary N) is 1. The third-order valence-electron chi connectivity index (χ3n) is 4.18. The smallest absolute Gasteiger partial charge is 0.184 e. The number of hydrogen-bond acceptors (Lipinski definition) is 4. The van der Waals surface area contributed by atoms with Gasteiger partial charge in [-0.25, -0.2) is 4.68 Å². The molecule has 5 nitrogen and oxygen atoms in total. The first-order valence-corrected chi connectivity index (χ1v) is 7.34. The zero-order valence-electron chi connectivity index (χ0n) is 12.1. The van der Waals surface area contributed by atoms with Crippen LogP contribution in [0.2, 0.25) is 0 Å². The van der Waals surface area contributed by atoms with E-state index in [0.29, 0.717) is 6.04 Å². The van der Waals surface area contributed by atoms with Crippen molar-refractivity contribution in [1.82, 2.24) is 20.2 Å². The lowest BCUT2D eigenvalue weighted by molar-refractivity contribution is 0.388. The van der Waals surface area contributed by atoms with E-state index in [2.05, 4.69) is 22.4 Å². The van der Waals surface area contributed by atoms with Gasteiger partial charge in [-0.05, 0) is 47.7 Å². The molecule has 0 radical (unpaired) electrons. The lowest BCUT2D eigenvalue weighted by Gasteiger charge is -2.17. The molecule has 106 valence electrons. The first kappa shape index (κ1) is 13.1. The fourth-order valence-electron chi connectivity index (χ4n) is 2.67. The Morgan fingerprint density at radius 1 is 1.40 bits per heavy atom. The summed E-state index contributed by atoms with van der Waals surface area (Å²) in [7, 11) is 0. The molecular formula is C15H21N5. The number of para-hydroxylation sites is 1. The van der Waals surface area contributed by atoms with Crippen molar-refractivity contribution < 1.29 is 0 Å². The minimum absolute atomic E-state index is 0.368. The van der Waals surface area contributed by atoms with Crippen molar-refractivity contribution >= 4 is 5.69 Å². The number of hydrogen-bond donors (Lipinski definition) is 1. The monoisotopic (exact) mass is 271 g/mol. The summed E-state index contributed by atoms with van der Waals surface area (Å²) in [4.78, 5) is 0. The van der Waals surface area contributed by atoms with Crippen LogP contribution in [-0.2, 0) is 0 Å². The molecular weight excluding hydrogens is 250 g/mol. The van der Waals surface area contributed by atoms with Gasteiger partial charge in [-0.2, -0.15) is 0 Å². The van der Waals surface area contributed by atoms with Crippen molar-refractivity contribution in [2.75, 3.05) is 5.73 Å². The Kier molecular flexibility index (Phi) is 3.42. The highest BCUT2D eigenvalue weighted by atomic mass is 15.5. The Morgan fingerprint density at radius 3 is 2.90 bits per heavy atom. The molecule has 0 aliphatic heterocycles. The van der Waals surface area contributed by atoms with Crippen molar-refractivity contribution in [2.24, 2.45) is 5.92 Å². The van der Waals surface area contributed by atoms with E-state index in [1.54, 1.807) is 0 Å². The van der Waals surface area contributed by atoms with Crippen LogP contribution in [0, 0.1) is 12.8 Å². The number of anilines is 1. The summed E-state index contributed by atoms with van der Waals surface area (Å²) in [6, 6.07) is 6.37. The van der Waals surface area contributed by atoms with E-state index in [0.717, 1.165) is 35.0 Å². The van der Waals surface area contributed by atoms with E-state index in [-0.39, 0.29) is 0 Å². The molecule has 20 heavy (non-hydrogen) atoms. The van der Waals surface area contributed by atoms with Gasteiger partial charge in [0.05, 0.1) is 6.04 Å². The fraction of sp³-hybridized carbons (Fsp3) is 0.533. The third-order valence-corrected chi connectivity index (χ3v) is 4.18. The van der Waals surface area contributed by atoms with Crippen LogP contribution in [0.15, 0.2) is 18.2 Å². The quantitative estimate of drug-likeness (QED) is 0.849. The maximum absolute atomic E-state index is 6.19. The van der Waals surface area contributed by atoms with Gasteiger partial charge >= 0.3 is 0 Å². The number of nitrogen functional groups attached to an aromatic ring is 1. The predicted molar refractivity (Wildman–Crippen MR) is 79.1 cm³/mol. The summed E-state index contributed by atoms with van der Waals surface area (Å²) in [5.41, 5.74) is 8.95. The van der Waals surface area contributed by atoms with Gasteiger partial charge in [0.1, 0.15) is 0 Å². The van der Waals surface area contributed by atoms with Gasteiger partial charge in [0, 0.05) is 11.3 Å². The average molecular weight is 271 g/mol. The largest absolute Gasteiger partial charge is 0.398 e. The Labute approximate surface area is 119 Å². The minimum atomic E-state index is 0.368. The summed E-state index contributed by atoms with van der Waals surface area (Å²) in [5.74, 6) is 1.64. The summed E-state index contributed by atoms with van der Waals surface area (Å²) >= 11 is 0. The van der Waals surface area contributed by atoms with E-state index < -0.39 is 0 Å². The molecule has 3 rings (SSSR count). The second-order valence-electron chi connectivity index (χ2n) is 5.72. The lowest BCUT2D eigenvalue weighted by atomic mass is 10.1. The van der Waals surface area contributed by atoms with E-state index in [1.807, 2.05) is 29.8 Å². The molecule has 0 spiro atoms. The highest BCUT2D eigenvalue weighted by Crippen LogP contribution is 2.39. The van der Waals surface area contributed by atoms with E-state index >= 15 is 0 Å². The molecule has 1 saturated carbocycles. The second-order valence-corrected chi connectivity index (χ2v) is 5.72. The van der Waals surface area contributed by atoms with Crippen molar-refractivity contribution in [1.29, 1.82) is 0 Å². The maximum atomic E-state index is 6.19. The molecule has 1 aromatic heterocycles. The molecule has 2 aromatic rings. The highest BCUT2D eigenvalue weighted by Gasteiger charge is 2.28. The third kappa shape index (κ3) is 2.40.